The molecule has 0 aliphatic heterocycles. The number of imidazole rings is 1. The van der Waals surface area contributed by atoms with E-state index >= 15 is 0 Å². The molecule has 1 amide bonds. The Bertz CT molecular complexity index is 1570. The molecule has 9 nitrogen and oxygen atoms in total. The van der Waals surface area contributed by atoms with Crippen LogP contribution >= 0.6 is 0 Å². The van der Waals surface area contributed by atoms with Crippen LogP contribution in [0.15, 0.2) is 83.2 Å². The average molecular weight is 446 g/mol. The van der Waals surface area contributed by atoms with Crippen molar-refractivity contribution in [2.75, 3.05) is 0 Å². The zero-order valence-corrected chi connectivity index (χ0v) is 17.8. The van der Waals surface area contributed by atoms with Crippen molar-refractivity contribution in [1.29, 1.82) is 0 Å². The molecular weight excluding hydrogens is 428 g/mol. The fraction of sp³-hybridized carbons (Fsp3) is 0.0909. The number of nitrogens with one attached hydrogen (secondary N) is 1. The molecule has 0 aliphatic rings. The molecule has 5 rings (SSSR count). The normalized spacial score (nSPS) is 11.8. The summed E-state index contributed by atoms with van der Waals surface area (Å²) in [6, 6.07) is 11.3. The number of amides is 1. The Morgan fingerprint density at radius 2 is 1.81 bits per heavy atom. The van der Waals surface area contributed by atoms with E-state index in [0.29, 0.717) is 16.9 Å². The number of benzene rings is 2. The quantitative estimate of drug-likeness (QED) is 0.444. The van der Waals surface area contributed by atoms with Crippen LogP contribution in [0.3, 0.4) is 0 Å². The van der Waals surface area contributed by atoms with Crippen molar-refractivity contribution < 1.29 is 13.2 Å². The lowest BCUT2D eigenvalue weighted by molar-refractivity contribution is 0.0950. The van der Waals surface area contributed by atoms with E-state index in [1.54, 1.807) is 77.2 Å². The largest absolute Gasteiger partial charge is 0.348 e. The Kier molecular flexibility index (Phi) is 4.71. The van der Waals surface area contributed by atoms with Gasteiger partial charge >= 0.3 is 0 Å². The highest BCUT2D eigenvalue weighted by Gasteiger charge is 2.18. The lowest BCUT2D eigenvalue weighted by atomic mass is 10.2. The molecule has 160 valence electrons. The molecule has 0 aliphatic carbocycles. The third-order valence-corrected chi connectivity index (χ3v) is 6.87. The van der Waals surface area contributed by atoms with Gasteiger partial charge in [0.1, 0.15) is 0 Å². The first-order valence-corrected chi connectivity index (χ1v) is 11.2. The second kappa shape index (κ2) is 7.57. The van der Waals surface area contributed by atoms with Crippen LogP contribution in [0.5, 0.6) is 0 Å². The van der Waals surface area contributed by atoms with Gasteiger partial charge in [0.05, 0.1) is 20.9 Å². The minimum atomic E-state index is -3.68. The average Bonchev–Trinajstić information content (AvgIpc) is 3.41. The minimum Gasteiger partial charge on any atom is -0.348 e. The van der Waals surface area contributed by atoms with Crippen molar-refractivity contribution in [3.63, 3.8) is 0 Å². The molecule has 0 bridgehead atoms. The van der Waals surface area contributed by atoms with Gasteiger partial charge in [0, 0.05) is 50.0 Å². The van der Waals surface area contributed by atoms with Crippen molar-refractivity contribution in [1.82, 2.24) is 29.5 Å². The second-order valence-electron chi connectivity index (χ2n) is 7.33. The van der Waals surface area contributed by atoms with Crippen molar-refractivity contribution >= 4 is 32.4 Å². The molecule has 10 heteroatoms. The van der Waals surface area contributed by atoms with Crippen LogP contribution in [-0.2, 0) is 23.4 Å². The highest BCUT2D eigenvalue weighted by Crippen LogP contribution is 2.24. The fourth-order valence-corrected chi connectivity index (χ4v) is 4.71. The molecular formula is C22H18N6O3S. The van der Waals surface area contributed by atoms with Gasteiger partial charge in [0.25, 0.3) is 5.91 Å². The van der Waals surface area contributed by atoms with E-state index in [9.17, 15) is 13.2 Å². The van der Waals surface area contributed by atoms with Gasteiger partial charge in [0.15, 0.2) is 0 Å². The number of fused-ring (bicyclic) bond motifs is 2. The summed E-state index contributed by atoms with van der Waals surface area (Å²) >= 11 is 0. The van der Waals surface area contributed by atoms with Crippen LogP contribution in [0.1, 0.15) is 15.9 Å². The molecule has 32 heavy (non-hydrogen) atoms. The number of aryl methyl sites for hydroxylation is 1. The van der Waals surface area contributed by atoms with Gasteiger partial charge in [0.2, 0.25) is 15.6 Å². The number of nitrogens with zero attached hydrogens (tertiary/aromatic N) is 5. The summed E-state index contributed by atoms with van der Waals surface area (Å²) in [4.78, 5) is 20.9. The molecule has 0 spiro atoms. The number of carbonyl (C=O) groups is 1. The van der Waals surface area contributed by atoms with E-state index in [1.165, 1.54) is 6.20 Å². The van der Waals surface area contributed by atoms with Gasteiger partial charge in [-0.2, -0.15) is 5.10 Å². The first kappa shape index (κ1) is 19.9. The molecule has 2 aromatic carbocycles. The number of carbonyl (C=O) groups excluding carboxylic acids is 1. The zero-order valence-electron chi connectivity index (χ0n) is 17.0. The maximum Gasteiger partial charge on any atom is 0.254 e. The van der Waals surface area contributed by atoms with Gasteiger partial charge in [-0.05, 0) is 35.9 Å². The zero-order chi connectivity index (χ0) is 22.3. The van der Waals surface area contributed by atoms with Crippen LogP contribution in [0, 0.1) is 0 Å². The predicted octanol–water partition coefficient (Wildman–Crippen LogP) is 2.38. The number of sulfone groups is 1. The van der Waals surface area contributed by atoms with E-state index in [2.05, 4.69) is 20.4 Å². The summed E-state index contributed by atoms with van der Waals surface area (Å²) in [7, 11) is -1.89. The molecule has 5 aromatic rings. The van der Waals surface area contributed by atoms with Gasteiger partial charge in [-0.3, -0.25) is 13.9 Å². The van der Waals surface area contributed by atoms with Crippen molar-refractivity contribution in [2.45, 2.75) is 16.3 Å². The summed E-state index contributed by atoms with van der Waals surface area (Å²) in [5.41, 5.74) is 1.80. The summed E-state index contributed by atoms with van der Waals surface area (Å²) in [5.74, 6) is 0.231. The predicted molar refractivity (Wildman–Crippen MR) is 117 cm³/mol. The summed E-state index contributed by atoms with van der Waals surface area (Å²) in [5, 5.41) is 7.96. The molecule has 0 fully saturated rings. The van der Waals surface area contributed by atoms with Gasteiger partial charge in [-0.15, -0.1) is 0 Å². The Hall–Kier alpha value is -4.05. The van der Waals surface area contributed by atoms with E-state index in [1.807, 2.05) is 6.20 Å². The maximum atomic E-state index is 13.0. The lowest BCUT2D eigenvalue weighted by Crippen LogP contribution is -2.23. The van der Waals surface area contributed by atoms with Crippen LogP contribution in [0.2, 0.25) is 0 Å². The first-order chi connectivity index (χ1) is 15.4. The van der Waals surface area contributed by atoms with Crippen molar-refractivity contribution in [2.24, 2.45) is 7.05 Å². The highest BCUT2D eigenvalue weighted by atomic mass is 32.2. The Balaban J connectivity index is 1.31. The monoisotopic (exact) mass is 446 g/mol. The van der Waals surface area contributed by atoms with Crippen molar-refractivity contribution in [3.05, 3.63) is 84.6 Å². The summed E-state index contributed by atoms with van der Waals surface area (Å²) < 4.78 is 29.3. The molecule has 0 saturated carbocycles. The standard InChI is InChI=1S/C22H18N6O3S/c1-27-13-16-4-7-19(10-20(16)26-27)32(30,31)18-5-2-15(3-6-18)11-24-21(29)17-12-25-22-23-8-9-28(22)14-17/h2-10,12-14H,11H2,1H3,(H,24,29). The first-order valence-electron chi connectivity index (χ1n) is 9.74. The fourth-order valence-electron chi connectivity index (χ4n) is 3.43. The Labute approximate surface area is 183 Å². The molecule has 0 saturated heterocycles. The van der Waals surface area contributed by atoms with Crippen LogP contribution in [0.25, 0.3) is 16.7 Å². The third kappa shape index (κ3) is 3.60. The van der Waals surface area contributed by atoms with Crippen LogP contribution in [0.4, 0.5) is 0 Å². The van der Waals surface area contributed by atoms with Crippen molar-refractivity contribution in [3.8, 4) is 0 Å². The number of rotatable bonds is 5. The molecule has 3 heterocycles. The van der Waals surface area contributed by atoms with Gasteiger partial charge in [-0.25, -0.2) is 18.4 Å². The smallest absolute Gasteiger partial charge is 0.254 e. The van der Waals surface area contributed by atoms with E-state index in [0.717, 1.165) is 10.9 Å². The second-order valence-corrected chi connectivity index (χ2v) is 9.28. The topological polar surface area (TPSA) is 111 Å². The molecule has 0 atom stereocenters. The maximum absolute atomic E-state index is 13.0. The van der Waals surface area contributed by atoms with E-state index < -0.39 is 9.84 Å². The summed E-state index contributed by atoms with van der Waals surface area (Å²) in [6.07, 6.45) is 8.26. The van der Waals surface area contributed by atoms with Crippen LogP contribution in [-0.4, -0.2) is 38.5 Å². The number of hydrogen-bond donors (Lipinski definition) is 1. The molecule has 1 N–H and O–H groups in total. The minimum absolute atomic E-state index is 0.178. The summed E-state index contributed by atoms with van der Waals surface area (Å²) in [6.45, 7) is 0.251. The Morgan fingerprint density at radius 3 is 2.62 bits per heavy atom. The van der Waals surface area contributed by atoms with Gasteiger partial charge < -0.3 is 5.32 Å². The number of hydrogen-bond acceptors (Lipinski definition) is 6. The highest BCUT2D eigenvalue weighted by molar-refractivity contribution is 7.91. The number of aromatic nitrogens is 5. The third-order valence-electron chi connectivity index (χ3n) is 5.10. The lowest BCUT2D eigenvalue weighted by Gasteiger charge is -2.08. The van der Waals surface area contributed by atoms with Crippen LogP contribution < -0.4 is 5.32 Å². The van der Waals surface area contributed by atoms with E-state index in [-0.39, 0.29) is 22.2 Å². The molecule has 0 unspecified atom stereocenters. The molecule has 0 radical (unpaired) electrons. The molecule has 3 aromatic heterocycles. The SMILES string of the molecule is Cn1cc2ccc(S(=O)(=O)c3ccc(CNC(=O)c4cnc5nccn5c4)cc3)cc2n1. The van der Waals surface area contributed by atoms with Gasteiger partial charge in [-0.1, -0.05) is 12.1 Å². The van der Waals surface area contributed by atoms with E-state index in [4.69, 9.17) is 0 Å². The Morgan fingerprint density at radius 1 is 1.03 bits per heavy atom.